The molecule has 0 bridgehead atoms. The number of anilines is 1. The van der Waals surface area contributed by atoms with Gasteiger partial charge in [0.2, 0.25) is 0 Å². The van der Waals surface area contributed by atoms with Gasteiger partial charge in [-0.3, -0.25) is 0 Å². The molecule has 3 heterocycles. The van der Waals surface area contributed by atoms with Crippen LogP contribution in [0.25, 0.3) is 0 Å². The zero-order chi connectivity index (χ0) is 16.4. The smallest absolute Gasteiger partial charge is 0.151 e. The quantitative estimate of drug-likeness (QED) is 0.924. The van der Waals surface area contributed by atoms with E-state index in [1.165, 1.54) is 4.90 Å². The van der Waals surface area contributed by atoms with Gasteiger partial charge in [0.25, 0.3) is 0 Å². The van der Waals surface area contributed by atoms with Crippen LogP contribution in [0, 0.1) is 5.82 Å². The van der Waals surface area contributed by atoms with Crippen LogP contribution in [0.2, 0.25) is 0 Å². The molecule has 6 heteroatoms. The largest absolute Gasteiger partial charge is 0.354 e. The molecule has 1 aromatic heterocycles. The van der Waals surface area contributed by atoms with Crippen LogP contribution in [0.3, 0.4) is 0 Å². The van der Waals surface area contributed by atoms with Gasteiger partial charge in [-0.1, -0.05) is 0 Å². The molecule has 2 aliphatic heterocycles. The maximum absolute atomic E-state index is 13.7. The fourth-order valence-corrected chi connectivity index (χ4v) is 4.71. The van der Waals surface area contributed by atoms with Crippen LogP contribution in [-0.4, -0.2) is 35.1 Å². The molecule has 1 aromatic carbocycles. The zero-order valence-electron chi connectivity index (χ0n) is 13.5. The van der Waals surface area contributed by atoms with Crippen molar-refractivity contribution in [2.24, 2.45) is 0 Å². The van der Waals surface area contributed by atoms with Crippen molar-refractivity contribution >= 4 is 17.6 Å². The molecule has 2 aromatic rings. The highest BCUT2D eigenvalue weighted by Gasteiger charge is 2.27. The molecule has 24 heavy (non-hydrogen) atoms. The van der Waals surface area contributed by atoms with E-state index >= 15 is 0 Å². The minimum atomic E-state index is -0.145. The molecule has 0 radical (unpaired) electrons. The van der Waals surface area contributed by atoms with Gasteiger partial charge in [-0.15, -0.1) is 16.9 Å². The van der Waals surface area contributed by atoms with Gasteiger partial charge in [0.1, 0.15) is 5.82 Å². The molecule has 1 N–H and O–H groups in total. The van der Waals surface area contributed by atoms with E-state index in [2.05, 4.69) is 20.4 Å². The predicted octanol–water partition coefficient (Wildman–Crippen LogP) is 3.41. The number of benzene rings is 1. The summed E-state index contributed by atoms with van der Waals surface area (Å²) in [6, 6.07) is 9.74. The van der Waals surface area contributed by atoms with E-state index in [4.69, 9.17) is 0 Å². The second-order valence-corrected chi connectivity index (χ2v) is 7.54. The molecule has 2 unspecified atom stereocenters. The Labute approximate surface area is 145 Å². The van der Waals surface area contributed by atoms with Crippen molar-refractivity contribution < 1.29 is 4.39 Å². The van der Waals surface area contributed by atoms with Crippen molar-refractivity contribution in [3.05, 3.63) is 47.9 Å². The Morgan fingerprint density at radius 1 is 1.25 bits per heavy atom. The molecule has 2 atom stereocenters. The first kappa shape index (κ1) is 15.8. The Kier molecular flexibility index (Phi) is 4.67. The van der Waals surface area contributed by atoms with E-state index < -0.39 is 0 Å². The van der Waals surface area contributed by atoms with Crippen molar-refractivity contribution in [3.63, 3.8) is 0 Å². The van der Waals surface area contributed by atoms with Gasteiger partial charge in [-0.2, -0.15) is 5.10 Å². The minimum Gasteiger partial charge on any atom is -0.354 e. The predicted molar refractivity (Wildman–Crippen MR) is 94.9 cm³/mol. The van der Waals surface area contributed by atoms with Gasteiger partial charge >= 0.3 is 0 Å². The average molecular weight is 344 g/mol. The Hall–Kier alpha value is -1.66. The average Bonchev–Trinajstić information content (AvgIpc) is 2.63. The van der Waals surface area contributed by atoms with Crippen LogP contribution < -0.4 is 10.2 Å². The van der Waals surface area contributed by atoms with Crippen LogP contribution in [0.1, 0.15) is 30.9 Å². The van der Waals surface area contributed by atoms with Crippen LogP contribution in [0.4, 0.5) is 10.2 Å². The number of fused-ring (bicyclic) bond motifs is 1. The summed E-state index contributed by atoms with van der Waals surface area (Å²) in [5.41, 5.74) is 1.11. The van der Waals surface area contributed by atoms with Gasteiger partial charge in [-0.05, 0) is 60.9 Å². The lowest BCUT2D eigenvalue weighted by Crippen LogP contribution is -2.47. The monoisotopic (exact) mass is 344 g/mol. The topological polar surface area (TPSA) is 41.0 Å². The number of nitrogens with one attached hydrogen (secondary N) is 1. The van der Waals surface area contributed by atoms with Gasteiger partial charge in [-0.25, -0.2) is 4.39 Å². The summed E-state index contributed by atoms with van der Waals surface area (Å²) >= 11 is 1.83. The third-order valence-corrected chi connectivity index (χ3v) is 5.87. The lowest BCUT2D eigenvalue weighted by Gasteiger charge is -2.37. The first-order valence-electron chi connectivity index (χ1n) is 8.50. The Balaban J connectivity index is 1.47. The fourth-order valence-electron chi connectivity index (χ4n) is 3.61. The maximum Gasteiger partial charge on any atom is 0.151 e. The molecule has 2 aliphatic rings. The van der Waals surface area contributed by atoms with Crippen molar-refractivity contribution in [3.8, 4) is 0 Å². The Bertz CT molecular complexity index is 697. The third kappa shape index (κ3) is 3.39. The first-order chi connectivity index (χ1) is 11.8. The number of rotatable bonds is 3. The highest BCUT2D eigenvalue weighted by atomic mass is 32.2. The zero-order valence-corrected chi connectivity index (χ0v) is 14.3. The summed E-state index contributed by atoms with van der Waals surface area (Å²) in [7, 11) is 0. The summed E-state index contributed by atoms with van der Waals surface area (Å²) in [6.07, 6.45) is 5.02. The summed E-state index contributed by atoms with van der Waals surface area (Å²) in [6.45, 7) is 1.94. The van der Waals surface area contributed by atoms with E-state index in [1.54, 1.807) is 18.3 Å². The fraction of sp³-hybridized carbons (Fsp3) is 0.444. The van der Waals surface area contributed by atoms with Crippen LogP contribution in [0.15, 0.2) is 41.4 Å². The molecule has 0 amide bonds. The van der Waals surface area contributed by atoms with E-state index in [0.29, 0.717) is 6.04 Å². The van der Waals surface area contributed by atoms with E-state index in [0.717, 1.165) is 49.5 Å². The number of halogens is 1. The van der Waals surface area contributed by atoms with Crippen molar-refractivity contribution in [1.82, 2.24) is 15.5 Å². The van der Waals surface area contributed by atoms with Crippen molar-refractivity contribution in [2.45, 2.75) is 36.2 Å². The highest BCUT2D eigenvalue weighted by molar-refractivity contribution is 7.99. The molecule has 0 spiro atoms. The maximum atomic E-state index is 13.7. The number of hydrogen-bond donors (Lipinski definition) is 1. The van der Waals surface area contributed by atoms with Gasteiger partial charge in [0.15, 0.2) is 5.82 Å². The number of nitrogens with zero attached hydrogens (tertiary/aromatic N) is 3. The van der Waals surface area contributed by atoms with Crippen LogP contribution in [-0.2, 0) is 0 Å². The van der Waals surface area contributed by atoms with Crippen LogP contribution in [0.5, 0.6) is 0 Å². The number of aromatic nitrogens is 2. The Morgan fingerprint density at radius 3 is 3.08 bits per heavy atom. The SMILES string of the molecule is Fc1ccc2c(c1)C(NC1CCCN(c3cccnn3)C1)CCS2. The summed E-state index contributed by atoms with van der Waals surface area (Å²) in [4.78, 5) is 3.50. The molecule has 1 fully saturated rings. The van der Waals surface area contributed by atoms with E-state index in [9.17, 15) is 4.39 Å². The van der Waals surface area contributed by atoms with Crippen LogP contribution >= 0.6 is 11.8 Å². The minimum absolute atomic E-state index is 0.145. The Morgan fingerprint density at radius 2 is 2.21 bits per heavy atom. The molecule has 4 rings (SSSR count). The standard InChI is InChI=1S/C18H21FN4S/c19-13-5-6-17-15(11-13)16(7-10-24-17)21-14-3-2-9-23(12-14)18-4-1-8-20-22-18/h1,4-6,8,11,14,16,21H,2-3,7,9-10,12H2. The molecule has 4 nitrogen and oxygen atoms in total. The van der Waals surface area contributed by atoms with Gasteiger partial charge in [0, 0.05) is 36.3 Å². The second-order valence-electron chi connectivity index (χ2n) is 6.41. The molecular formula is C18H21FN4S. The van der Waals surface area contributed by atoms with E-state index in [-0.39, 0.29) is 11.9 Å². The van der Waals surface area contributed by atoms with Crippen molar-refractivity contribution in [2.75, 3.05) is 23.7 Å². The van der Waals surface area contributed by atoms with E-state index in [1.807, 2.05) is 30.0 Å². The van der Waals surface area contributed by atoms with Crippen molar-refractivity contribution in [1.29, 1.82) is 0 Å². The lowest BCUT2D eigenvalue weighted by atomic mass is 9.99. The second kappa shape index (κ2) is 7.07. The number of thioether (sulfide) groups is 1. The third-order valence-electron chi connectivity index (χ3n) is 4.75. The first-order valence-corrected chi connectivity index (χ1v) is 9.49. The summed E-state index contributed by atoms with van der Waals surface area (Å²) in [5.74, 6) is 1.87. The summed E-state index contributed by atoms with van der Waals surface area (Å²) < 4.78 is 13.7. The molecular weight excluding hydrogens is 323 g/mol. The molecule has 0 aliphatic carbocycles. The molecule has 1 saturated heterocycles. The highest BCUT2D eigenvalue weighted by Crippen LogP contribution is 2.37. The molecule has 126 valence electrons. The number of hydrogen-bond acceptors (Lipinski definition) is 5. The van der Waals surface area contributed by atoms with Gasteiger partial charge < -0.3 is 10.2 Å². The lowest BCUT2D eigenvalue weighted by molar-refractivity contribution is 0.366. The van der Waals surface area contributed by atoms with Gasteiger partial charge in [0.05, 0.1) is 0 Å². The molecule has 0 saturated carbocycles. The summed E-state index contributed by atoms with van der Waals surface area (Å²) in [5, 5.41) is 12.0. The normalized spacial score (nSPS) is 23.8. The number of piperidine rings is 1.